The van der Waals surface area contributed by atoms with Crippen LogP contribution in [0.5, 0.6) is 0 Å². The van der Waals surface area contributed by atoms with Crippen molar-refractivity contribution < 1.29 is 4.79 Å². The van der Waals surface area contributed by atoms with Crippen LogP contribution >= 0.6 is 0 Å². The number of carbonyl (C=O) groups excluding carboxylic acids is 1. The minimum atomic E-state index is 0.227. The molecule has 3 fully saturated rings. The molecule has 0 aromatic heterocycles. The van der Waals surface area contributed by atoms with Crippen LogP contribution < -0.4 is 0 Å². The summed E-state index contributed by atoms with van der Waals surface area (Å²) in [6.45, 7) is 14.6. The summed E-state index contributed by atoms with van der Waals surface area (Å²) in [5.74, 6) is 5.94. The van der Waals surface area contributed by atoms with Crippen molar-refractivity contribution >= 4 is 5.78 Å². The van der Waals surface area contributed by atoms with Crippen molar-refractivity contribution in [3.05, 3.63) is 24.3 Å². The molecule has 30 heavy (non-hydrogen) atoms. The summed E-state index contributed by atoms with van der Waals surface area (Å²) in [6.07, 6.45) is 19.4. The third-order valence-corrected chi connectivity index (χ3v) is 10.7. The molecule has 0 spiro atoms. The molecule has 0 radical (unpaired) electrons. The Balaban J connectivity index is 1.54. The monoisotopic (exact) mass is 410 g/mol. The minimum Gasteiger partial charge on any atom is -0.299 e. The first-order valence-corrected chi connectivity index (χ1v) is 13.1. The van der Waals surface area contributed by atoms with Crippen LogP contribution in [0.4, 0.5) is 0 Å². The molecular weight excluding hydrogens is 364 g/mol. The van der Waals surface area contributed by atoms with Gasteiger partial charge in [-0.2, -0.15) is 0 Å². The van der Waals surface area contributed by atoms with Crippen LogP contribution in [0.25, 0.3) is 0 Å². The Bertz CT molecular complexity index is 701. The Hall–Kier alpha value is -0.850. The number of Topliss-reactive ketones (excluding diaryl/α,β-unsaturated/α-hetero) is 1. The lowest BCUT2D eigenvalue weighted by atomic mass is 9.45. The molecule has 0 N–H and O–H groups in total. The highest BCUT2D eigenvalue weighted by molar-refractivity contribution is 5.83. The average molecular weight is 411 g/mol. The van der Waals surface area contributed by atoms with Crippen LogP contribution in [-0.4, -0.2) is 5.78 Å². The smallest absolute Gasteiger partial charge is 0.137 e. The summed E-state index contributed by atoms with van der Waals surface area (Å²) in [7, 11) is 0. The predicted molar refractivity (Wildman–Crippen MR) is 127 cm³/mol. The second-order valence-electron chi connectivity index (χ2n) is 12.3. The molecule has 0 unspecified atom stereocenters. The zero-order valence-corrected chi connectivity index (χ0v) is 20.5. The SMILES string of the molecule is CC[C@H](/C=C/[C@@H](C)[C@H]1CC[C@H]2[C@@H]3CC(=O)[C@H]4CC=CC[C@]4(C)[C@H]3CC[C@]12C)C(C)C. The lowest BCUT2D eigenvalue weighted by Gasteiger charge is -2.59. The number of hydrogen-bond donors (Lipinski definition) is 0. The van der Waals surface area contributed by atoms with Crippen molar-refractivity contribution in [2.45, 2.75) is 92.9 Å². The summed E-state index contributed by atoms with van der Waals surface area (Å²) in [5, 5.41) is 0. The first-order chi connectivity index (χ1) is 14.2. The molecule has 0 aliphatic heterocycles. The van der Waals surface area contributed by atoms with E-state index in [9.17, 15) is 4.79 Å². The Morgan fingerprint density at radius 2 is 1.77 bits per heavy atom. The van der Waals surface area contributed by atoms with Crippen LogP contribution in [0.15, 0.2) is 24.3 Å². The van der Waals surface area contributed by atoms with Crippen molar-refractivity contribution in [1.82, 2.24) is 0 Å². The van der Waals surface area contributed by atoms with Crippen LogP contribution in [0.3, 0.4) is 0 Å². The van der Waals surface area contributed by atoms with E-state index in [0.717, 1.165) is 42.9 Å². The van der Waals surface area contributed by atoms with E-state index < -0.39 is 0 Å². The van der Waals surface area contributed by atoms with E-state index in [0.29, 0.717) is 34.9 Å². The largest absolute Gasteiger partial charge is 0.299 e. The average Bonchev–Trinajstić information content (AvgIpc) is 3.05. The Morgan fingerprint density at radius 3 is 2.47 bits per heavy atom. The topological polar surface area (TPSA) is 17.1 Å². The van der Waals surface area contributed by atoms with Gasteiger partial charge in [0.1, 0.15) is 5.78 Å². The molecule has 1 nitrogen and oxygen atoms in total. The zero-order chi connectivity index (χ0) is 21.7. The predicted octanol–water partition coefficient (Wildman–Crippen LogP) is 7.86. The number of rotatable bonds is 5. The number of fused-ring (bicyclic) bond motifs is 5. The maximum absolute atomic E-state index is 13.2. The summed E-state index contributed by atoms with van der Waals surface area (Å²) in [6, 6.07) is 0. The maximum Gasteiger partial charge on any atom is 0.137 e. The third-order valence-electron chi connectivity index (χ3n) is 10.7. The van der Waals surface area contributed by atoms with E-state index in [1.807, 2.05) is 0 Å². The number of carbonyl (C=O) groups is 1. The lowest BCUT2D eigenvalue weighted by molar-refractivity contribution is -0.149. The second-order valence-corrected chi connectivity index (χ2v) is 12.3. The normalized spacial score (nSPS) is 45.3. The van der Waals surface area contributed by atoms with Gasteiger partial charge in [-0.15, -0.1) is 0 Å². The fourth-order valence-electron chi connectivity index (χ4n) is 8.84. The van der Waals surface area contributed by atoms with Gasteiger partial charge in [0.15, 0.2) is 0 Å². The van der Waals surface area contributed by atoms with Crippen molar-refractivity contribution in [1.29, 1.82) is 0 Å². The van der Waals surface area contributed by atoms with E-state index in [1.54, 1.807) is 0 Å². The first-order valence-electron chi connectivity index (χ1n) is 13.1. The van der Waals surface area contributed by atoms with Gasteiger partial charge in [-0.25, -0.2) is 0 Å². The van der Waals surface area contributed by atoms with Gasteiger partial charge < -0.3 is 0 Å². The van der Waals surface area contributed by atoms with E-state index in [-0.39, 0.29) is 5.41 Å². The number of hydrogen-bond acceptors (Lipinski definition) is 1. The van der Waals surface area contributed by atoms with Gasteiger partial charge in [0.05, 0.1) is 0 Å². The quantitative estimate of drug-likeness (QED) is 0.421. The van der Waals surface area contributed by atoms with Gasteiger partial charge in [0.25, 0.3) is 0 Å². The van der Waals surface area contributed by atoms with Crippen LogP contribution in [0, 0.1) is 58.2 Å². The molecule has 1 heteroatoms. The Labute approximate surface area is 186 Å². The molecule has 0 aromatic carbocycles. The highest BCUT2D eigenvalue weighted by Crippen LogP contribution is 2.67. The maximum atomic E-state index is 13.2. The fourth-order valence-corrected chi connectivity index (χ4v) is 8.84. The number of ketones is 1. The van der Waals surface area contributed by atoms with Crippen molar-refractivity contribution in [2.24, 2.45) is 58.2 Å². The van der Waals surface area contributed by atoms with Gasteiger partial charge in [0.2, 0.25) is 0 Å². The minimum absolute atomic E-state index is 0.227. The summed E-state index contributed by atoms with van der Waals surface area (Å²) in [5.41, 5.74) is 0.656. The van der Waals surface area contributed by atoms with E-state index in [4.69, 9.17) is 0 Å². The van der Waals surface area contributed by atoms with Crippen molar-refractivity contribution in [3.63, 3.8) is 0 Å². The van der Waals surface area contributed by atoms with E-state index in [1.165, 1.54) is 32.1 Å². The van der Waals surface area contributed by atoms with Crippen LogP contribution in [-0.2, 0) is 4.79 Å². The van der Waals surface area contributed by atoms with Crippen LogP contribution in [0.2, 0.25) is 0 Å². The molecule has 4 aliphatic rings. The molecule has 9 atom stereocenters. The van der Waals surface area contributed by atoms with Gasteiger partial charge in [-0.3, -0.25) is 4.79 Å². The molecule has 0 bridgehead atoms. The molecule has 0 aromatic rings. The molecular formula is C29H46O. The highest BCUT2D eigenvalue weighted by atomic mass is 16.1. The molecule has 0 amide bonds. The highest BCUT2D eigenvalue weighted by Gasteiger charge is 2.61. The fraction of sp³-hybridized carbons (Fsp3) is 0.828. The molecule has 0 heterocycles. The molecule has 168 valence electrons. The molecule has 4 aliphatic carbocycles. The molecule has 0 saturated heterocycles. The molecule has 3 saturated carbocycles. The molecule has 4 rings (SSSR count). The van der Waals surface area contributed by atoms with Gasteiger partial charge in [0, 0.05) is 12.3 Å². The van der Waals surface area contributed by atoms with Crippen molar-refractivity contribution in [3.8, 4) is 0 Å². The second kappa shape index (κ2) is 8.25. The zero-order valence-electron chi connectivity index (χ0n) is 20.5. The van der Waals surface area contributed by atoms with Gasteiger partial charge in [-0.1, -0.05) is 65.8 Å². The summed E-state index contributed by atoms with van der Waals surface area (Å²) in [4.78, 5) is 13.2. The first kappa shape index (κ1) is 22.3. The number of allylic oxidation sites excluding steroid dienone is 4. The van der Waals surface area contributed by atoms with Gasteiger partial charge in [-0.05, 0) is 97.2 Å². The standard InChI is InChI=1S/C29H46O/c1-7-21(19(2)3)12-11-20(4)23-13-14-24-22-18-27(30)26-10-8-9-16-28(26,5)25(22)15-17-29(23,24)6/h8-9,11-12,19-26H,7,10,13-18H2,1-6H3/b12-11+/t20-,21-,22+,23-,24+,25+,26-,28-,29-/m1/s1. The summed E-state index contributed by atoms with van der Waals surface area (Å²) >= 11 is 0. The third kappa shape index (κ3) is 3.47. The van der Waals surface area contributed by atoms with E-state index in [2.05, 4.69) is 65.8 Å². The van der Waals surface area contributed by atoms with Crippen molar-refractivity contribution in [2.75, 3.05) is 0 Å². The van der Waals surface area contributed by atoms with Gasteiger partial charge >= 0.3 is 0 Å². The lowest BCUT2D eigenvalue weighted by Crippen LogP contribution is -2.55. The Morgan fingerprint density at radius 1 is 1.03 bits per heavy atom. The van der Waals surface area contributed by atoms with E-state index >= 15 is 0 Å². The van der Waals surface area contributed by atoms with Crippen LogP contribution in [0.1, 0.15) is 92.9 Å². The Kier molecular flexibility index (Phi) is 6.15. The summed E-state index contributed by atoms with van der Waals surface area (Å²) < 4.78 is 0.